The summed E-state index contributed by atoms with van der Waals surface area (Å²) in [5.41, 5.74) is 3.30. The Kier molecular flexibility index (Phi) is 7.57. The fraction of sp³-hybridized carbons (Fsp3) is 0.318. The SMILES string of the molecule is C#CCOc1ccc(CCNC(=O)CCOc2c(C)cccc2C)cc1. The number of benzene rings is 2. The van der Waals surface area contributed by atoms with Crippen LogP contribution in [0.25, 0.3) is 0 Å². The Hall–Kier alpha value is -2.93. The van der Waals surface area contributed by atoms with Gasteiger partial charge in [0.05, 0.1) is 13.0 Å². The Morgan fingerprint density at radius 3 is 2.42 bits per heavy atom. The average Bonchev–Trinajstić information content (AvgIpc) is 2.63. The molecule has 0 heterocycles. The molecule has 2 aromatic rings. The minimum absolute atomic E-state index is 0.00906. The van der Waals surface area contributed by atoms with Crippen LogP contribution in [0.3, 0.4) is 0 Å². The van der Waals surface area contributed by atoms with Gasteiger partial charge in [0, 0.05) is 6.54 Å². The molecule has 0 bridgehead atoms. The smallest absolute Gasteiger partial charge is 0.223 e. The van der Waals surface area contributed by atoms with E-state index in [0.717, 1.165) is 34.6 Å². The van der Waals surface area contributed by atoms with Gasteiger partial charge in [-0.3, -0.25) is 4.79 Å². The van der Waals surface area contributed by atoms with Gasteiger partial charge in [-0.2, -0.15) is 0 Å². The molecule has 2 aromatic carbocycles. The molecule has 0 fully saturated rings. The number of hydrogen-bond donors (Lipinski definition) is 1. The van der Waals surface area contributed by atoms with E-state index >= 15 is 0 Å². The van der Waals surface area contributed by atoms with Crippen LogP contribution in [0, 0.1) is 26.2 Å². The highest BCUT2D eigenvalue weighted by Gasteiger charge is 2.06. The summed E-state index contributed by atoms with van der Waals surface area (Å²) in [5.74, 6) is 4.04. The predicted molar refractivity (Wildman–Crippen MR) is 104 cm³/mol. The number of hydrogen-bond acceptors (Lipinski definition) is 3. The minimum Gasteiger partial charge on any atom is -0.493 e. The number of carbonyl (C=O) groups excluding carboxylic acids is 1. The summed E-state index contributed by atoms with van der Waals surface area (Å²) in [6, 6.07) is 13.7. The lowest BCUT2D eigenvalue weighted by Gasteiger charge is -2.12. The van der Waals surface area contributed by atoms with Gasteiger partial charge >= 0.3 is 0 Å². The van der Waals surface area contributed by atoms with Crippen molar-refractivity contribution < 1.29 is 14.3 Å². The van der Waals surface area contributed by atoms with Crippen molar-refractivity contribution in [3.05, 3.63) is 59.2 Å². The Morgan fingerprint density at radius 1 is 1.08 bits per heavy atom. The zero-order chi connectivity index (χ0) is 18.8. The van der Waals surface area contributed by atoms with E-state index in [1.54, 1.807) is 0 Å². The lowest BCUT2D eigenvalue weighted by atomic mass is 10.1. The monoisotopic (exact) mass is 351 g/mol. The highest BCUT2D eigenvalue weighted by molar-refractivity contribution is 5.76. The normalized spacial score (nSPS) is 10.0. The largest absolute Gasteiger partial charge is 0.493 e. The number of amides is 1. The van der Waals surface area contributed by atoms with Gasteiger partial charge in [-0.1, -0.05) is 36.3 Å². The molecular weight excluding hydrogens is 326 g/mol. The van der Waals surface area contributed by atoms with Crippen molar-refractivity contribution in [3.8, 4) is 23.8 Å². The summed E-state index contributed by atoms with van der Waals surface area (Å²) in [6.07, 6.45) is 6.26. The van der Waals surface area contributed by atoms with E-state index in [9.17, 15) is 4.79 Å². The van der Waals surface area contributed by atoms with Gasteiger partial charge < -0.3 is 14.8 Å². The van der Waals surface area contributed by atoms with Crippen LogP contribution in [0.5, 0.6) is 11.5 Å². The molecule has 26 heavy (non-hydrogen) atoms. The van der Waals surface area contributed by atoms with Crippen molar-refractivity contribution >= 4 is 5.91 Å². The van der Waals surface area contributed by atoms with Crippen LogP contribution >= 0.6 is 0 Å². The van der Waals surface area contributed by atoms with Crippen LogP contribution in [0.4, 0.5) is 0 Å². The standard InChI is InChI=1S/C22H25NO3/c1-4-15-25-20-10-8-19(9-11-20)12-14-23-21(24)13-16-26-22-17(2)6-5-7-18(22)3/h1,5-11H,12-16H2,2-3H3,(H,23,24). The van der Waals surface area contributed by atoms with E-state index in [-0.39, 0.29) is 12.5 Å². The van der Waals surface area contributed by atoms with Crippen LogP contribution in [-0.2, 0) is 11.2 Å². The number of nitrogens with one attached hydrogen (secondary N) is 1. The van der Waals surface area contributed by atoms with Gasteiger partial charge in [-0.25, -0.2) is 0 Å². The van der Waals surface area contributed by atoms with Gasteiger partial charge in [0.1, 0.15) is 18.1 Å². The highest BCUT2D eigenvalue weighted by Crippen LogP contribution is 2.22. The van der Waals surface area contributed by atoms with Gasteiger partial charge in [0.15, 0.2) is 0 Å². The second-order valence-corrected chi connectivity index (χ2v) is 6.06. The summed E-state index contributed by atoms with van der Waals surface area (Å²) in [7, 11) is 0. The van der Waals surface area contributed by atoms with E-state index in [0.29, 0.717) is 19.6 Å². The number of para-hydroxylation sites is 1. The molecule has 0 saturated carbocycles. The maximum atomic E-state index is 11.9. The van der Waals surface area contributed by atoms with Crippen molar-refractivity contribution in [2.75, 3.05) is 19.8 Å². The highest BCUT2D eigenvalue weighted by atomic mass is 16.5. The molecule has 0 spiro atoms. The fourth-order valence-corrected chi connectivity index (χ4v) is 2.58. The lowest BCUT2D eigenvalue weighted by Crippen LogP contribution is -2.27. The summed E-state index contributed by atoms with van der Waals surface area (Å²) in [5, 5.41) is 2.92. The van der Waals surface area contributed by atoms with Crippen molar-refractivity contribution in [1.29, 1.82) is 0 Å². The molecule has 0 saturated heterocycles. The molecule has 2 rings (SSSR count). The maximum absolute atomic E-state index is 11.9. The third-order valence-electron chi connectivity index (χ3n) is 3.97. The molecule has 4 heteroatoms. The molecule has 0 radical (unpaired) electrons. The number of ether oxygens (including phenoxy) is 2. The van der Waals surface area contributed by atoms with E-state index < -0.39 is 0 Å². The molecule has 0 aliphatic heterocycles. The Bertz CT molecular complexity index is 740. The Balaban J connectivity index is 1.67. The number of aryl methyl sites for hydroxylation is 2. The van der Waals surface area contributed by atoms with Crippen LogP contribution in [-0.4, -0.2) is 25.7 Å². The molecule has 1 N–H and O–H groups in total. The first-order chi connectivity index (χ1) is 12.6. The number of terminal acetylenes is 1. The molecule has 1 amide bonds. The zero-order valence-corrected chi connectivity index (χ0v) is 15.4. The molecule has 0 aliphatic carbocycles. The third kappa shape index (κ3) is 6.18. The van der Waals surface area contributed by atoms with Gasteiger partial charge in [0.25, 0.3) is 0 Å². The maximum Gasteiger partial charge on any atom is 0.223 e. The fourth-order valence-electron chi connectivity index (χ4n) is 2.58. The summed E-state index contributed by atoms with van der Waals surface area (Å²) < 4.78 is 11.1. The lowest BCUT2D eigenvalue weighted by molar-refractivity contribution is -0.121. The number of rotatable bonds is 9. The molecule has 0 atom stereocenters. The molecule has 4 nitrogen and oxygen atoms in total. The first-order valence-corrected chi connectivity index (χ1v) is 8.71. The van der Waals surface area contributed by atoms with Crippen LogP contribution < -0.4 is 14.8 Å². The second kappa shape index (κ2) is 10.1. The zero-order valence-electron chi connectivity index (χ0n) is 15.4. The van der Waals surface area contributed by atoms with Crippen LogP contribution in [0.1, 0.15) is 23.1 Å². The predicted octanol–water partition coefficient (Wildman–Crippen LogP) is 3.44. The van der Waals surface area contributed by atoms with Crippen molar-refractivity contribution in [3.63, 3.8) is 0 Å². The Labute approximate surface area is 155 Å². The average molecular weight is 351 g/mol. The molecule has 0 aliphatic rings. The summed E-state index contributed by atoms with van der Waals surface area (Å²) >= 11 is 0. The van der Waals surface area contributed by atoms with Crippen molar-refractivity contribution in [2.24, 2.45) is 0 Å². The van der Waals surface area contributed by atoms with Gasteiger partial charge in [0.2, 0.25) is 5.91 Å². The van der Waals surface area contributed by atoms with Crippen molar-refractivity contribution in [1.82, 2.24) is 5.32 Å². The Morgan fingerprint density at radius 2 is 1.77 bits per heavy atom. The quantitative estimate of drug-likeness (QED) is 0.704. The number of carbonyl (C=O) groups is 1. The molecule has 0 unspecified atom stereocenters. The topological polar surface area (TPSA) is 47.6 Å². The van der Waals surface area contributed by atoms with E-state index in [2.05, 4.69) is 11.2 Å². The van der Waals surface area contributed by atoms with E-state index in [1.807, 2.05) is 56.3 Å². The van der Waals surface area contributed by atoms with E-state index in [1.165, 1.54) is 0 Å². The second-order valence-electron chi connectivity index (χ2n) is 6.06. The van der Waals surface area contributed by atoms with Gasteiger partial charge in [-0.05, 0) is 49.1 Å². The van der Waals surface area contributed by atoms with Crippen LogP contribution in [0.15, 0.2) is 42.5 Å². The molecular formula is C22H25NO3. The molecule has 136 valence electrons. The van der Waals surface area contributed by atoms with Gasteiger partial charge in [-0.15, -0.1) is 6.42 Å². The molecule has 0 aromatic heterocycles. The van der Waals surface area contributed by atoms with E-state index in [4.69, 9.17) is 15.9 Å². The first kappa shape index (κ1) is 19.4. The third-order valence-corrected chi connectivity index (χ3v) is 3.97. The minimum atomic E-state index is -0.00906. The first-order valence-electron chi connectivity index (χ1n) is 8.71. The summed E-state index contributed by atoms with van der Waals surface area (Å²) in [6.45, 7) is 5.24. The van der Waals surface area contributed by atoms with Crippen molar-refractivity contribution in [2.45, 2.75) is 26.7 Å². The van der Waals surface area contributed by atoms with Crippen LogP contribution in [0.2, 0.25) is 0 Å². The summed E-state index contributed by atoms with van der Waals surface area (Å²) in [4.78, 5) is 11.9.